The van der Waals surface area contributed by atoms with E-state index in [9.17, 15) is 9.59 Å². The third kappa shape index (κ3) is 2.22. The van der Waals surface area contributed by atoms with Crippen molar-refractivity contribution >= 4 is 34.0 Å². The van der Waals surface area contributed by atoms with Crippen molar-refractivity contribution in [2.24, 2.45) is 7.05 Å². The molecule has 1 saturated heterocycles. The molecule has 4 heterocycles. The number of hydrogen-bond acceptors (Lipinski definition) is 6. The molecule has 142 valence electrons. The van der Waals surface area contributed by atoms with Gasteiger partial charge in [-0.25, -0.2) is 4.98 Å². The zero-order valence-corrected chi connectivity index (χ0v) is 15.9. The molecule has 2 aliphatic rings. The number of nitrogens with zero attached hydrogens (tertiary/aromatic N) is 4. The van der Waals surface area contributed by atoms with Crippen LogP contribution in [0.2, 0.25) is 0 Å². The minimum atomic E-state index is -0.850. The third-order valence-electron chi connectivity index (χ3n) is 5.63. The molecule has 0 bridgehead atoms. The van der Waals surface area contributed by atoms with Crippen molar-refractivity contribution in [3.8, 4) is 0 Å². The van der Waals surface area contributed by atoms with E-state index < -0.39 is 11.5 Å². The average molecular weight is 394 g/mol. The number of likely N-dealkylation sites (tertiary alicyclic amines) is 1. The number of benzene rings is 1. The molecule has 0 radical (unpaired) electrons. The lowest BCUT2D eigenvalue weighted by molar-refractivity contribution is -0.121. The van der Waals surface area contributed by atoms with Gasteiger partial charge in [0.05, 0.1) is 12.2 Å². The Morgan fingerprint density at radius 3 is 2.93 bits per heavy atom. The number of fused-ring (bicyclic) bond motifs is 2. The SMILES string of the molecule is Cn1cc([C@@H]2N(C(=O)c3csc(N)n3)CC[C@]23C(=O)Nc2ccccc23)cn1. The number of aryl methyl sites for hydroxylation is 1. The molecule has 1 fully saturated rings. The molecule has 8 nitrogen and oxygen atoms in total. The number of nitrogen functional groups attached to an aromatic ring is 1. The summed E-state index contributed by atoms with van der Waals surface area (Å²) in [6.45, 7) is 0.442. The summed E-state index contributed by atoms with van der Waals surface area (Å²) in [5.74, 6) is -0.313. The number of nitrogens with one attached hydrogen (secondary N) is 1. The monoisotopic (exact) mass is 394 g/mol. The Kier molecular flexibility index (Phi) is 3.57. The molecule has 1 aromatic carbocycles. The highest BCUT2D eigenvalue weighted by Gasteiger charge is 2.59. The Balaban J connectivity index is 1.67. The van der Waals surface area contributed by atoms with Gasteiger partial charge in [-0.05, 0) is 18.1 Å². The Hall–Kier alpha value is -3.20. The van der Waals surface area contributed by atoms with Gasteiger partial charge in [-0.2, -0.15) is 5.10 Å². The molecular weight excluding hydrogens is 376 g/mol. The normalized spacial score (nSPS) is 23.2. The molecule has 28 heavy (non-hydrogen) atoms. The summed E-state index contributed by atoms with van der Waals surface area (Å²) in [6, 6.07) is 7.21. The first kappa shape index (κ1) is 16.9. The van der Waals surface area contributed by atoms with Crippen LogP contribution in [-0.4, -0.2) is 38.0 Å². The van der Waals surface area contributed by atoms with Gasteiger partial charge in [0.1, 0.15) is 11.1 Å². The molecule has 2 aromatic heterocycles. The van der Waals surface area contributed by atoms with E-state index in [0.29, 0.717) is 23.8 Å². The van der Waals surface area contributed by atoms with Crippen LogP contribution < -0.4 is 11.1 Å². The average Bonchev–Trinajstić information content (AvgIpc) is 3.43. The van der Waals surface area contributed by atoms with Crippen molar-refractivity contribution in [2.45, 2.75) is 17.9 Å². The van der Waals surface area contributed by atoms with Gasteiger partial charge in [-0.1, -0.05) is 18.2 Å². The maximum absolute atomic E-state index is 13.3. The van der Waals surface area contributed by atoms with Gasteiger partial charge < -0.3 is 16.0 Å². The Bertz CT molecular complexity index is 1110. The summed E-state index contributed by atoms with van der Waals surface area (Å²) in [5, 5.41) is 9.29. The minimum absolute atomic E-state index is 0.0874. The number of carbonyl (C=O) groups excluding carboxylic acids is 2. The molecule has 5 rings (SSSR count). The van der Waals surface area contributed by atoms with E-state index in [1.807, 2.05) is 37.5 Å². The van der Waals surface area contributed by atoms with Gasteiger partial charge in [0, 0.05) is 36.4 Å². The van der Waals surface area contributed by atoms with Gasteiger partial charge in [0.2, 0.25) is 5.91 Å². The van der Waals surface area contributed by atoms with Crippen LogP contribution in [-0.2, 0) is 17.3 Å². The lowest BCUT2D eigenvalue weighted by Crippen LogP contribution is -2.42. The summed E-state index contributed by atoms with van der Waals surface area (Å²) in [7, 11) is 1.82. The zero-order valence-electron chi connectivity index (χ0n) is 15.1. The van der Waals surface area contributed by atoms with Crippen LogP contribution in [0.25, 0.3) is 0 Å². The first-order valence-corrected chi connectivity index (χ1v) is 9.80. The predicted octanol–water partition coefficient (Wildman–Crippen LogP) is 1.94. The van der Waals surface area contributed by atoms with Crippen LogP contribution in [0.1, 0.15) is 34.1 Å². The standard InChI is InChI=1S/C19H18N6O2S/c1-24-9-11(8-21-24)15-19(12-4-2-3-5-13(12)22-17(19)27)6-7-25(15)16(26)14-10-28-18(20)23-14/h2-5,8-10,15H,6-7H2,1H3,(H2,20,23)(H,22,27)/t15-,19+/m0/s1. The molecule has 9 heteroatoms. The quantitative estimate of drug-likeness (QED) is 0.691. The highest BCUT2D eigenvalue weighted by atomic mass is 32.1. The van der Waals surface area contributed by atoms with Crippen molar-refractivity contribution < 1.29 is 9.59 Å². The predicted molar refractivity (Wildman–Crippen MR) is 105 cm³/mol. The van der Waals surface area contributed by atoms with Crippen LogP contribution in [0.4, 0.5) is 10.8 Å². The first-order chi connectivity index (χ1) is 13.5. The van der Waals surface area contributed by atoms with Crippen LogP contribution in [0.15, 0.2) is 42.0 Å². The van der Waals surface area contributed by atoms with Gasteiger partial charge in [0.15, 0.2) is 5.13 Å². The lowest BCUT2D eigenvalue weighted by Gasteiger charge is -2.33. The lowest BCUT2D eigenvalue weighted by atomic mass is 9.73. The molecule has 0 aliphatic carbocycles. The summed E-state index contributed by atoms with van der Waals surface area (Å²) in [5.41, 5.74) is 7.72. The van der Waals surface area contributed by atoms with Gasteiger partial charge in [-0.3, -0.25) is 14.3 Å². The highest BCUT2D eigenvalue weighted by molar-refractivity contribution is 7.13. The van der Waals surface area contributed by atoms with Crippen molar-refractivity contribution in [2.75, 3.05) is 17.6 Å². The Morgan fingerprint density at radius 2 is 2.21 bits per heavy atom. The highest BCUT2D eigenvalue weighted by Crippen LogP contribution is 2.54. The Labute approximate surface area is 165 Å². The molecule has 2 amide bonds. The van der Waals surface area contributed by atoms with Crippen LogP contribution in [0, 0.1) is 0 Å². The Morgan fingerprint density at radius 1 is 1.39 bits per heavy atom. The molecule has 0 unspecified atom stereocenters. The van der Waals surface area contributed by atoms with E-state index in [4.69, 9.17) is 5.73 Å². The van der Waals surface area contributed by atoms with E-state index in [0.717, 1.165) is 16.8 Å². The number of anilines is 2. The van der Waals surface area contributed by atoms with Crippen LogP contribution in [0.5, 0.6) is 0 Å². The van der Waals surface area contributed by atoms with E-state index in [1.165, 1.54) is 11.3 Å². The molecular formula is C19H18N6O2S. The van der Waals surface area contributed by atoms with Crippen LogP contribution >= 0.6 is 11.3 Å². The second-order valence-corrected chi connectivity index (χ2v) is 8.03. The van der Waals surface area contributed by atoms with E-state index in [-0.39, 0.29) is 11.8 Å². The number of amides is 2. The third-order valence-corrected chi connectivity index (χ3v) is 6.30. The summed E-state index contributed by atoms with van der Waals surface area (Å²) < 4.78 is 1.68. The first-order valence-electron chi connectivity index (χ1n) is 8.92. The maximum atomic E-state index is 13.3. The van der Waals surface area contributed by atoms with Crippen molar-refractivity contribution in [3.05, 3.63) is 58.9 Å². The topological polar surface area (TPSA) is 106 Å². The van der Waals surface area contributed by atoms with Crippen molar-refractivity contribution in [1.29, 1.82) is 0 Å². The maximum Gasteiger partial charge on any atom is 0.273 e. The molecule has 2 aliphatic heterocycles. The largest absolute Gasteiger partial charge is 0.375 e. The van der Waals surface area contributed by atoms with Gasteiger partial charge in [0.25, 0.3) is 5.91 Å². The van der Waals surface area contributed by atoms with Gasteiger partial charge in [-0.15, -0.1) is 11.3 Å². The second-order valence-electron chi connectivity index (χ2n) is 7.14. The van der Waals surface area contributed by atoms with Crippen molar-refractivity contribution in [1.82, 2.24) is 19.7 Å². The number of thiazole rings is 1. The zero-order chi connectivity index (χ0) is 19.5. The van der Waals surface area contributed by atoms with Crippen molar-refractivity contribution in [3.63, 3.8) is 0 Å². The van der Waals surface area contributed by atoms with E-state index in [2.05, 4.69) is 15.4 Å². The fourth-order valence-electron chi connectivity index (χ4n) is 4.48. The molecule has 3 aromatic rings. The number of rotatable bonds is 2. The summed E-state index contributed by atoms with van der Waals surface area (Å²) in [4.78, 5) is 32.4. The summed E-state index contributed by atoms with van der Waals surface area (Å²) in [6.07, 6.45) is 4.12. The number of nitrogens with two attached hydrogens (primary N) is 1. The molecule has 1 spiro atoms. The fraction of sp³-hybridized carbons (Fsp3) is 0.263. The van der Waals surface area contributed by atoms with E-state index in [1.54, 1.807) is 21.2 Å². The van der Waals surface area contributed by atoms with Gasteiger partial charge >= 0.3 is 0 Å². The fourth-order valence-corrected chi connectivity index (χ4v) is 5.02. The summed E-state index contributed by atoms with van der Waals surface area (Å²) >= 11 is 1.23. The molecule has 0 saturated carbocycles. The number of hydrogen-bond donors (Lipinski definition) is 2. The smallest absolute Gasteiger partial charge is 0.273 e. The minimum Gasteiger partial charge on any atom is -0.375 e. The number of aromatic nitrogens is 3. The number of carbonyl (C=O) groups is 2. The van der Waals surface area contributed by atoms with Crippen LogP contribution in [0.3, 0.4) is 0 Å². The molecule has 2 atom stereocenters. The number of para-hydroxylation sites is 1. The molecule has 3 N–H and O–H groups in total. The second kappa shape index (κ2) is 5.90. The van der Waals surface area contributed by atoms with E-state index >= 15 is 0 Å².